The highest BCUT2D eigenvalue weighted by molar-refractivity contribution is 6.34. The van der Waals surface area contributed by atoms with Crippen molar-refractivity contribution in [1.29, 1.82) is 0 Å². The SMILES string of the molecule is COC(=O)c1ccc(-c2nn(C(=O)c3c(Cl)cccc3C3CC3)c3c2CCC(NC2COC2)C3)c(F)c1. The first-order valence-electron chi connectivity index (χ1n) is 12.6. The minimum Gasteiger partial charge on any atom is -0.465 e. The molecule has 0 radical (unpaired) electrons. The largest absolute Gasteiger partial charge is 0.465 e. The lowest BCUT2D eigenvalue weighted by Crippen LogP contribution is -2.52. The van der Waals surface area contributed by atoms with Crippen molar-refractivity contribution >= 4 is 23.5 Å². The van der Waals surface area contributed by atoms with E-state index in [1.54, 1.807) is 6.07 Å². The highest BCUT2D eigenvalue weighted by atomic mass is 35.5. The van der Waals surface area contributed by atoms with Gasteiger partial charge in [-0.3, -0.25) is 4.79 Å². The molecule has 1 saturated carbocycles. The number of halogens is 2. The van der Waals surface area contributed by atoms with Crippen molar-refractivity contribution in [2.75, 3.05) is 20.3 Å². The van der Waals surface area contributed by atoms with E-state index in [0.29, 0.717) is 54.3 Å². The summed E-state index contributed by atoms with van der Waals surface area (Å²) in [6.45, 7) is 1.35. The van der Waals surface area contributed by atoms with Gasteiger partial charge in [0, 0.05) is 23.6 Å². The second-order valence-electron chi connectivity index (χ2n) is 10.00. The number of nitrogens with zero attached hydrogens (tertiary/aromatic N) is 2. The van der Waals surface area contributed by atoms with Gasteiger partial charge in [-0.05, 0) is 61.4 Å². The standard InChI is InChI=1S/C28H27ClFN3O4/c1-36-28(35)16-7-9-20(23(30)11-16)26-21-10-8-17(31-18-13-37-14-18)12-24(21)33(32-26)27(34)25-19(15-5-6-15)3-2-4-22(25)29/h2-4,7,9,11,15,17-18,31H,5-6,8,10,12-14H2,1H3. The van der Waals surface area contributed by atoms with E-state index >= 15 is 4.39 Å². The fourth-order valence-electron chi connectivity index (χ4n) is 5.36. The average Bonchev–Trinajstić information content (AvgIpc) is 3.66. The van der Waals surface area contributed by atoms with Gasteiger partial charge in [0.1, 0.15) is 5.82 Å². The molecule has 192 valence electrons. The van der Waals surface area contributed by atoms with Gasteiger partial charge in [-0.25, -0.2) is 9.18 Å². The second-order valence-corrected chi connectivity index (χ2v) is 10.4. The minimum atomic E-state index is -0.617. The van der Waals surface area contributed by atoms with Crippen LogP contribution >= 0.6 is 11.6 Å². The molecule has 3 aliphatic rings. The molecule has 1 aromatic heterocycles. The van der Waals surface area contributed by atoms with E-state index in [-0.39, 0.29) is 23.1 Å². The summed E-state index contributed by atoms with van der Waals surface area (Å²) in [7, 11) is 1.25. The molecule has 1 aliphatic heterocycles. The summed E-state index contributed by atoms with van der Waals surface area (Å²) in [6.07, 6.45) is 4.10. The summed E-state index contributed by atoms with van der Waals surface area (Å²) in [6, 6.07) is 10.2. The van der Waals surface area contributed by atoms with Crippen molar-refractivity contribution in [2.24, 2.45) is 0 Å². The van der Waals surface area contributed by atoms with E-state index in [1.807, 2.05) is 12.1 Å². The van der Waals surface area contributed by atoms with Crippen LogP contribution in [-0.2, 0) is 22.3 Å². The van der Waals surface area contributed by atoms with Crippen molar-refractivity contribution in [3.63, 3.8) is 0 Å². The maximum absolute atomic E-state index is 15.3. The second kappa shape index (κ2) is 9.67. The van der Waals surface area contributed by atoms with Gasteiger partial charge in [0.25, 0.3) is 5.91 Å². The summed E-state index contributed by atoms with van der Waals surface area (Å²) < 4.78 is 26.7. The Balaban J connectivity index is 1.44. The number of carbonyl (C=O) groups excluding carboxylic acids is 2. The van der Waals surface area contributed by atoms with E-state index in [0.717, 1.165) is 42.1 Å². The van der Waals surface area contributed by atoms with Crippen LogP contribution in [0.15, 0.2) is 36.4 Å². The van der Waals surface area contributed by atoms with Crippen LogP contribution in [0.5, 0.6) is 0 Å². The molecule has 1 N–H and O–H groups in total. The fourth-order valence-corrected chi connectivity index (χ4v) is 5.63. The first-order valence-corrected chi connectivity index (χ1v) is 13.0. The molecule has 37 heavy (non-hydrogen) atoms. The van der Waals surface area contributed by atoms with Gasteiger partial charge in [-0.1, -0.05) is 23.7 Å². The van der Waals surface area contributed by atoms with Gasteiger partial charge in [0.15, 0.2) is 0 Å². The van der Waals surface area contributed by atoms with E-state index in [1.165, 1.54) is 23.9 Å². The Labute approximate surface area is 218 Å². The van der Waals surface area contributed by atoms with Crippen LogP contribution in [0.4, 0.5) is 4.39 Å². The van der Waals surface area contributed by atoms with Gasteiger partial charge in [0.05, 0.1) is 53.9 Å². The first kappa shape index (κ1) is 24.3. The zero-order valence-corrected chi connectivity index (χ0v) is 21.2. The lowest BCUT2D eigenvalue weighted by molar-refractivity contribution is -0.0107. The Kier molecular flexibility index (Phi) is 6.34. The molecule has 6 rings (SSSR count). The number of aromatic nitrogens is 2. The number of rotatable bonds is 6. The predicted molar refractivity (Wildman–Crippen MR) is 136 cm³/mol. The molecule has 0 amide bonds. The maximum Gasteiger partial charge on any atom is 0.337 e. The smallest absolute Gasteiger partial charge is 0.337 e. The number of esters is 1. The van der Waals surface area contributed by atoms with Crippen LogP contribution < -0.4 is 5.32 Å². The van der Waals surface area contributed by atoms with Gasteiger partial charge in [-0.2, -0.15) is 9.78 Å². The van der Waals surface area contributed by atoms with Crippen LogP contribution in [0.25, 0.3) is 11.3 Å². The molecule has 0 spiro atoms. The Hall–Kier alpha value is -3.07. The van der Waals surface area contributed by atoms with E-state index < -0.39 is 11.8 Å². The fraction of sp³-hybridized carbons (Fsp3) is 0.393. The van der Waals surface area contributed by atoms with Gasteiger partial charge in [-0.15, -0.1) is 0 Å². The Morgan fingerprint density at radius 3 is 2.65 bits per heavy atom. The topological polar surface area (TPSA) is 82.5 Å². The van der Waals surface area contributed by atoms with E-state index in [9.17, 15) is 9.59 Å². The maximum atomic E-state index is 15.3. The van der Waals surface area contributed by atoms with Crippen molar-refractivity contribution in [3.8, 4) is 11.3 Å². The quantitative estimate of drug-likeness (QED) is 0.478. The highest BCUT2D eigenvalue weighted by Gasteiger charge is 2.35. The van der Waals surface area contributed by atoms with Crippen molar-refractivity contribution in [1.82, 2.24) is 15.1 Å². The molecule has 1 saturated heterocycles. The van der Waals surface area contributed by atoms with Crippen LogP contribution in [0.2, 0.25) is 5.02 Å². The van der Waals surface area contributed by atoms with Crippen molar-refractivity contribution in [3.05, 3.63) is 75.2 Å². The highest BCUT2D eigenvalue weighted by Crippen LogP contribution is 2.44. The third kappa shape index (κ3) is 4.47. The molecule has 7 nitrogen and oxygen atoms in total. The Morgan fingerprint density at radius 2 is 1.97 bits per heavy atom. The van der Waals surface area contributed by atoms with Gasteiger partial charge in [0.2, 0.25) is 0 Å². The molecular formula is C28H27ClFN3O4. The molecule has 1 atom stereocenters. The number of methoxy groups -OCH3 is 1. The van der Waals surface area contributed by atoms with E-state index in [2.05, 4.69) is 5.32 Å². The van der Waals surface area contributed by atoms with Crippen LogP contribution in [0.1, 0.15) is 62.7 Å². The minimum absolute atomic E-state index is 0.116. The Bertz CT molecular complexity index is 1400. The van der Waals surface area contributed by atoms with Gasteiger partial charge >= 0.3 is 5.97 Å². The number of hydrogen-bond donors (Lipinski definition) is 1. The van der Waals surface area contributed by atoms with Crippen molar-refractivity contribution in [2.45, 2.75) is 50.1 Å². The van der Waals surface area contributed by atoms with Crippen LogP contribution in [-0.4, -0.2) is 54.1 Å². The third-order valence-corrected chi connectivity index (χ3v) is 7.81. The molecule has 9 heteroatoms. The molecule has 2 aliphatic carbocycles. The molecule has 2 heterocycles. The number of fused-ring (bicyclic) bond motifs is 1. The number of nitrogens with one attached hydrogen (secondary N) is 1. The molecular weight excluding hydrogens is 497 g/mol. The number of benzene rings is 2. The lowest BCUT2D eigenvalue weighted by atomic mass is 9.89. The molecule has 0 bridgehead atoms. The zero-order chi connectivity index (χ0) is 25.7. The molecule has 1 unspecified atom stereocenters. The van der Waals surface area contributed by atoms with E-state index in [4.69, 9.17) is 26.2 Å². The monoisotopic (exact) mass is 523 g/mol. The summed E-state index contributed by atoms with van der Waals surface area (Å²) in [5.74, 6) is -1.19. The number of hydrogen-bond acceptors (Lipinski definition) is 6. The van der Waals surface area contributed by atoms with Gasteiger partial charge < -0.3 is 14.8 Å². The van der Waals surface area contributed by atoms with Crippen LogP contribution in [0.3, 0.4) is 0 Å². The summed E-state index contributed by atoms with van der Waals surface area (Å²) in [5.41, 5.74) is 3.80. The zero-order valence-electron chi connectivity index (χ0n) is 20.4. The molecule has 2 fully saturated rings. The summed E-state index contributed by atoms with van der Waals surface area (Å²) in [5, 5.41) is 8.71. The summed E-state index contributed by atoms with van der Waals surface area (Å²) in [4.78, 5) is 25.9. The number of ether oxygens (including phenoxy) is 2. The van der Waals surface area contributed by atoms with Crippen LogP contribution in [0, 0.1) is 5.82 Å². The third-order valence-electron chi connectivity index (χ3n) is 7.50. The summed E-state index contributed by atoms with van der Waals surface area (Å²) >= 11 is 6.57. The number of carbonyl (C=O) groups is 2. The normalized spacial score (nSPS) is 19.3. The molecule has 3 aromatic rings. The first-order chi connectivity index (χ1) is 17.9. The average molecular weight is 524 g/mol. The molecule has 2 aromatic carbocycles. The van der Waals surface area contributed by atoms with Crippen molar-refractivity contribution < 1.29 is 23.5 Å². The predicted octanol–water partition coefficient (Wildman–Crippen LogP) is 4.54. The lowest BCUT2D eigenvalue weighted by Gasteiger charge is -2.33. The Morgan fingerprint density at radius 1 is 1.16 bits per heavy atom.